The highest BCUT2D eigenvalue weighted by atomic mass is 32.2. The number of hydrogen-bond donors (Lipinski definition) is 2. The van der Waals surface area contributed by atoms with Crippen molar-refractivity contribution in [3.05, 3.63) is 12.7 Å². The van der Waals surface area contributed by atoms with Gasteiger partial charge in [-0.05, 0) is 62.9 Å². The van der Waals surface area contributed by atoms with Gasteiger partial charge in [0.05, 0.1) is 6.54 Å². The van der Waals surface area contributed by atoms with Gasteiger partial charge < -0.3 is 24.4 Å². The molecule has 0 bridgehead atoms. The van der Waals surface area contributed by atoms with Gasteiger partial charge in [-0.3, -0.25) is 9.59 Å². The molecular weight excluding hydrogens is 499 g/mol. The van der Waals surface area contributed by atoms with Crippen LogP contribution in [0.4, 0.5) is 4.79 Å². The van der Waals surface area contributed by atoms with Crippen LogP contribution in [0.2, 0.25) is 38.3 Å². The van der Waals surface area contributed by atoms with E-state index in [1.807, 2.05) is 0 Å². The van der Waals surface area contributed by atoms with Crippen LogP contribution in [-0.4, -0.2) is 83.7 Å². The molecule has 0 aromatic rings. The number of unbranched alkanes of at least 4 members (excludes halogenated alkanes) is 1. The average Bonchev–Trinajstić information content (AvgIpc) is 2.77. The van der Waals surface area contributed by atoms with E-state index in [0.29, 0.717) is 26.2 Å². The molecule has 0 saturated heterocycles. The molecule has 0 saturated carbocycles. The minimum Gasteiger partial charge on any atom is -0.455 e. The molecule has 35 heavy (non-hydrogen) atoms. The maximum atomic E-state index is 12.0. The van der Waals surface area contributed by atoms with Crippen LogP contribution in [0.25, 0.3) is 0 Å². The van der Waals surface area contributed by atoms with Gasteiger partial charge in [0.25, 0.3) is 0 Å². The summed E-state index contributed by atoms with van der Waals surface area (Å²) in [6.45, 7) is 18.6. The molecule has 3 amide bonds. The van der Waals surface area contributed by atoms with Crippen molar-refractivity contribution in [3.63, 3.8) is 0 Å². The zero-order valence-corrected chi connectivity index (χ0v) is 25.7. The van der Waals surface area contributed by atoms with Crippen LogP contribution in [0.15, 0.2) is 12.7 Å². The molecule has 2 N–H and O–H groups in total. The molecule has 0 spiro atoms. The molecule has 0 heterocycles. The Balaban J connectivity index is 4.01. The van der Waals surface area contributed by atoms with Crippen molar-refractivity contribution in [3.8, 4) is 0 Å². The predicted molar refractivity (Wildman–Crippen MR) is 152 cm³/mol. The van der Waals surface area contributed by atoms with E-state index in [1.165, 1.54) is 31.9 Å². The van der Waals surface area contributed by atoms with Gasteiger partial charge in [0, 0.05) is 32.3 Å². The number of carbonyl (C=O) groups excluding carboxylic acids is 3. The lowest BCUT2D eigenvalue weighted by atomic mass is 10.4. The molecule has 0 aromatic heterocycles. The lowest BCUT2D eigenvalue weighted by Gasteiger charge is -2.34. The Morgan fingerprint density at radius 2 is 1.60 bits per heavy atom. The molecule has 204 valence electrons. The minimum atomic E-state index is -1.74. The zero-order valence-electron chi connectivity index (χ0n) is 22.9. The predicted octanol–water partition coefficient (Wildman–Crippen LogP) is 4.60. The number of amides is 3. The number of nitrogens with one attached hydrogen (secondary N) is 2. The van der Waals surface area contributed by atoms with Crippen LogP contribution in [0.3, 0.4) is 0 Å². The largest absolute Gasteiger partial charge is 0.455 e. The molecule has 0 aromatic carbocycles. The third-order valence-electron chi connectivity index (χ3n) is 5.40. The third kappa shape index (κ3) is 19.5. The van der Waals surface area contributed by atoms with Crippen molar-refractivity contribution in [1.82, 2.24) is 15.5 Å². The topological polar surface area (TPSA) is 97.0 Å². The van der Waals surface area contributed by atoms with Crippen LogP contribution < -0.4 is 10.6 Å². The summed E-state index contributed by atoms with van der Waals surface area (Å²) >= 11 is 1.72. The Labute approximate surface area is 219 Å². The van der Waals surface area contributed by atoms with Gasteiger partial charge in [0.15, 0.2) is 16.6 Å². The Kier molecular flexibility index (Phi) is 18.2. The van der Waals surface area contributed by atoms with E-state index in [4.69, 9.17) is 8.85 Å². The fourth-order valence-electron chi connectivity index (χ4n) is 3.66. The van der Waals surface area contributed by atoms with Crippen LogP contribution in [0, 0.1) is 0 Å². The number of rotatable bonds is 20. The first kappa shape index (κ1) is 33.7. The van der Waals surface area contributed by atoms with E-state index >= 15 is 0 Å². The van der Waals surface area contributed by atoms with Crippen molar-refractivity contribution in [2.75, 3.05) is 44.3 Å². The van der Waals surface area contributed by atoms with Gasteiger partial charge in [0.1, 0.15) is 6.61 Å². The van der Waals surface area contributed by atoms with Gasteiger partial charge in [-0.1, -0.05) is 26.3 Å². The molecule has 0 aliphatic rings. The lowest BCUT2D eigenvalue weighted by molar-refractivity contribution is -0.129. The van der Waals surface area contributed by atoms with E-state index in [1.54, 1.807) is 16.7 Å². The van der Waals surface area contributed by atoms with Gasteiger partial charge in [0.2, 0.25) is 11.8 Å². The number of carbonyl (C=O) groups is 3. The van der Waals surface area contributed by atoms with Crippen LogP contribution in [0.5, 0.6) is 0 Å². The quantitative estimate of drug-likeness (QED) is 0.131. The number of hydrogen-bond acceptors (Lipinski definition) is 6. The van der Waals surface area contributed by atoms with E-state index < -0.39 is 22.7 Å². The smallest absolute Gasteiger partial charge is 0.407 e. The first-order valence-corrected chi connectivity index (χ1v) is 20.2. The number of alkyl carbamates (subject to hydrolysis) is 1. The van der Waals surface area contributed by atoms with Crippen LogP contribution in [-0.2, 0) is 18.4 Å². The monoisotopic (exact) mass is 547 g/mol. The SMILES string of the molecule is C=CC(=O)NCCSCCCN(CCOC(=O)NCCC[Si](C)(C)O[Si](C)(C)CCCC)C(C)=O. The lowest BCUT2D eigenvalue weighted by Crippen LogP contribution is -2.44. The van der Waals surface area contributed by atoms with E-state index in [-0.39, 0.29) is 18.4 Å². The standard InChI is InChI=1S/C24H49N3O5SSi2/c1-8-10-20-34(4,5)32-35(6,7)21-11-13-26-24(30)31-17-16-27(22(3)28)15-12-18-33-19-14-25-23(29)9-2/h9H,2,8,10-21H2,1,3-7H3,(H,25,29)(H,26,30). The molecule has 8 nitrogen and oxygen atoms in total. The highest BCUT2D eigenvalue weighted by Gasteiger charge is 2.32. The normalized spacial score (nSPS) is 11.6. The van der Waals surface area contributed by atoms with Crippen molar-refractivity contribution in [2.24, 2.45) is 0 Å². The maximum Gasteiger partial charge on any atom is 0.407 e. The second kappa shape index (κ2) is 18.9. The summed E-state index contributed by atoms with van der Waals surface area (Å²) in [5.74, 6) is 1.50. The highest BCUT2D eigenvalue weighted by molar-refractivity contribution is 7.99. The van der Waals surface area contributed by atoms with Gasteiger partial charge in [-0.15, -0.1) is 0 Å². The molecular formula is C24H49N3O5SSi2. The summed E-state index contributed by atoms with van der Waals surface area (Å²) < 4.78 is 11.9. The van der Waals surface area contributed by atoms with Crippen molar-refractivity contribution >= 4 is 46.3 Å². The molecule has 0 aliphatic carbocycles. The minimum absolute atomic E-state index is 0.0325. The summed E-state index contributed by atoms with van der Waals surface area (Å²) in [5, 5.41) is 5.54. The van der Waals surface area contributed by atoms with Gasteiger partial charge >= 0.3 is 6.09 Å². The molecule has 0 fully saturated rings. The number of nitrogens with zero attached hydrogens (tertiary/aromatic N) is 1. The number of ether oxygens (including phenoxy) is 1. The van der Waals surface area contributed by atoms with Crippen molar-refractivity contribution in [2.45, 2.75) is 77.8 Å². The fraction of sp³-hybridized carbons (Fsp3) is 0.792. The summed E-state index contributed by atoms with van der Waals surface area (Å²) in [4.78, 5) is 36.6. The maximum absolute atomic E-state index is 12.0. The first-order chi connectivity index (χ1) is 16.4. The van der Waals surface area contributed by atoms with Gasteiger partial charge in [-0.2, -0.15) is 11.8 Å². The second-order valence-electron chi connectivity index (χ2n) is 9.86. The van der Waals surface area contributed by atoms with Crippen molar-refractivity contribution in [1.29, 1.82) is 0 Å². The Bertz CT molecular complexity index is 651. The van der Waals surface area contributed by atoms with Crippen LogP contribution in [0.1, 0.15) is 39.5 Å². The van der Waals surface area contributed by atoms with E-state index in [9.17, 15) is 14.4 Å². The summed E-state index contributed by atoms with van der Waals surface area (Å²) in [6.07, 6.45) is 4.97. The Hall–Kier alpha value is -1.31. The van der Waals surface area contributed by atoms with Gasteiger partial charge in [-0.25, -0.2) is 4.79 Å². The summed E-state index contributed by atoms with van der Waals surface area (Å²) in [7, 11) is -3.35. The molecule has 0 aliphatic heterocycles. The zero-order chi connectivity index (χ0) is 26.7. The third-order valence-corrected chi connectivity index (χ3v) is 14.0. The molecule has 11 heteroatoms. The molecule has 0 unspecified atom stereocenters. The Morgan fingerprint density at radius 1 is 0.943 bits per heavy atom. The Morgan fingerprint density at radius 3 is 2.20 bits per heavy atom. The highest BCUT2D eigenvalue weighted by Crippen LogP contribution is 2.24. The summed E-state index contributed by atoms with van der Waals surface area (Å²) in [5.41, 5.74) is 0. The van der Waals surface area contributed by atoms with Crippen LogP contribution >= 0.6 is 11.8 Å². The van der Waals surface area contributed by atoms with Crippen molar-refractivity contribution < 1.29 is 23.2 Å². The molecule has 0 radical (unpaired) electrons. The van der Waals surface area contributed by atoms with E-state index in [2.05, 4.69) is 50.3 Å². The van der Waals surface area contributed by atoms with E-state index in [0.717, 1.165) is 30.4 Å². The first-order valence-electron chi connectivity index (χ1n) is 12.8. The fourth-order valence-corrected chi connectivity index (χ4v) is 13.5. The average molecular weight is 548 g/mol. The molecule has 0 rings (SSSR count). The second-order valence-corrected chi connectivity index (χ2v) is 19.9. The summed E-state index contributed by atoms with van der Waals surface area (Å²) in [6, 6.07) is 2.21. The molecule has 0 atom stereocenters. The number of thioether (sulfide) groups is 1.